The number of aromatic nitrogens is 2. The maximum Gasteiger partial charge on any atom is 0.407 e. The molecule has 0 unspecified atom stereocenters. The number of ether oxygens (including phenoxy) is 2. The van der Waals surface area contributed by atoms with Crippen molar-refractivity contribution in [2.75, 3.05) is 18.5 Å². The number of unbranched alkanes of at least 4 members (excludes halogenated alkanes) is 1. The third-order valence-corrected chi connectivity index (χ3v) is 5.08. The molecule has 10 heteroatoms. The number of rotatable bonds is 11. The highest BCUT2D eigenvalue weighted by atomic mass is 16.5. The molecule has 0 atom stereocenters. The molecule has 0 fully saturated rings. The molecule has 10 nitrogen and oxygen atoms in total. The molecule has 0 bridgehead atoms. The molecule has 1 heterocycles. The van der Waals surface area contributed by atoms with Crippen LogP contribution in [0.5, 0.6) is 0 Å². The first kappa shape index (κ1) is 26.1. The highest BCUT2D eigenvalue weighted by molar-refractivity contribution is 6.04. The van der Waals surface area contributed by atoms with Gasteiger partial charge in [0, 0.05) is 18.7 Å². The summed E-state index contributed by atoms with van der Waals surface area (Å²) < 4.78 is 11.3. The molecule has 2 aromatic carbocycles. The Morgan fingerprint density at radius 2 is 1.64 bits per heavy atom. The topological polar surface area (TPSA) is 129 Å². The lowest BCUT2D eigenvalue weighted by Crippen LogP contribution is -2.32. The Morgan fingerprint density at radius 3 is 2.33 bits per heavy atom. The molecule has 0 aliphatic carbocycles. The van der Waals surface area contributed by atoms with Crippen molar-refractivity contribution in [2.45, 2.75) is 32.9 Å². The molecule has 0 aliphatic rings. The summed E-state index contributed by atoms with van der Waals surface area (Å²) in [5.74, 6) is -1.36. The number of alkyl carbamates (subject to hydrolysis) is 1. The van der Waals surface area contributed by atoms with Crippen molar-refractivity contribution in [3.8, 4) is 0 Å². The van der Waals surface area contributed by atoms with E-state index in [9.17, 15) is 19.2 Å². The summed E-state index contributed by atoms with van der Waals surface area (Å²) in [7, 11) is 0. The molecule has 0 radical (unpaired) electrons. The first-order valence-electron chi connectivity index (χ1n) is 11.6. The second kappa shape index (κ2) is 13.4. The van der Waals surface area contributed by atoms with E-state index < -0.39 is 23.5 Å². The summed E-state index contributed by atoms with van der Waals surface area (Å²) in [4.78, 5) is 53.8. The minimum absolute atomic E-state index is 0.0560. The first-order chi connectivity index (χ1) is 17.5. The van der Waals surface area contributed by atoms with Gasteiger partial charge in [-0.05, 0) is 37.5 Å². The number of anilines is 1. The minimum Gasteiger partial charge on any atom is -0.460 e. The third kappa shape index (κ3) is 7.52. The standard InChI is InChI=1S/C26H28N4O6/c1-2-35-25(33)22-28-17-21(29-23(31)20-13-7-4-8-14-20)24(32)30(22)16-10-9-15-27-26(34)36-18-19-11-5-3-6-12-19/h3-8,11-14,17H,2,9-10,15-16,18H2,1H3,(H,27,34)(H,29,31). The summed E-state index contributed by atoms with van der Waals surface area (Å²) in [6.45, 7) is 2.39. The van der Waals surface area contributed by atoms with E-state index in [0.29, 0.717) is 24.9 Å². The van der Waals surface area contributed by atoms with Crippen LogP contribution >= 0.6 is 0 Å². The van der Waals surface area contributed by atoms with Crippen molar-refractivity contribution < 1.29 is 23.9 Å². The van der Waals surface area contributed by atoms with Gasteiger partial charge in [-0.15, -0.1) is 0 Å². The fourth-order valence-corrected chi connectivity index (χ4v) is 3.29. The van der Waals surface area contributed by atoms with Crippen LogP contribution in [0.15, 0.2) is 71.7 Å². The van der Waals surface area contributed by atoms with Crippen LogP contribution in [0.3, 0.4) is 0 Å². The normalized spacial score (nSPS) is 10.4. The Hall–Kier alpha value is -4.47. The molecule has 0 spiro atoms. The van der Waals surface area contributed by atoms with Gasteiger partial charge in [-0.2, -0.15) is 0 Å². The van der Waals surface area contributed by atoms with Gasteiger partial charge in [0.2, 0.25) is 5.82 Å². The van der Waals surface area contributed by atoms with Crippen molar-refractivity contribution in [3.63, 3.8) is 0 Å². The van der Waals surface area contributed by atoms with Gasteiger partial charge < -0.3 is 20.1 Å². The Labute approximate surface area is 208 Å². The van der Waals surface area contributed by atoms with E-state index in [0.717, 1.165) is 11.8 Å². The van der Waals surface area contributed by atoms with Crippen LogP contribution in [-0.4, -0.2) is 40.7 Å². The lowest BCUT2D eigenvalue weighted by molar-refractivity contribution is 0.0503. The van der Waals surface area contributed by atoms with Crippen LogP contribution in [0.25, 0.3) is 0 Å². The lowest BCUT2D eigenvalue weighted by Gasteiger charge is -2.13. The average Bonchev–Trinajstić information content (AvgIpc) is 2.90. The van der Waals surface area contributed by atoms with Crippen LogP contribution in [0.1, 0.15) is 46.3 Å². The van der Waals surface area contributed by atoms with Crippen molar-refractivity contribution >= 4 is 23.7 Å². The number of nitrogens with one attached hydrogen (secondary N) is 2. The summed E-state index contributed by atoms with van der Waals surface area (Å²) in [5.41, 5.74) is 0.625. The van der Waals surface area contributed by atoms with E-state index in [-0.39, 0.29) is 31.3 Å². The molecular weight excluding hydrogens is 464 g/mol. The molecule has 0 saturated heterocycles. The highest BCUT2D eigenvalue weighted by Crippen LogP contribution is 2.08. The zero-order valence-corrected chi connectivity index (χ0v) is 19.9. The molecule has 0 aliphatic heterocycles. The second-order valence-electron chi connectivity index (χ2n) is 7.69. The van der Waals surface area contributed by atoms with Crippen LogP contribution in [0.4, 0.5) is 10.5 Å². The van der Waals surface area contributed by atoms with Crippen LogP contribution in [0, 0.1) is 0 Å². The number of hydrogen-bond donors (Lipinski definition) is 2. The van der Waals surface area contributed by atoms with Crippen LogP contribution < -0.4 is 16.2 Å². The highest BCUT2D eigenvalue weighted by Gasteiger charge is 2.19. The minimum atomic E-state index is -0.738. The van der Waals surface area contributed by atoms with Crippen LogP contribution in [0.2, 0.25) is 0 Å². The van der Waals surface area contributed by atoms with Crippen molar-refractivity contribution in [1.82, 2.24) is 14.9 Å². The van der Waals surface area contributed by atoms with Crippen molar-refractivity contribution in [1.29, 1.82) is 0 Å². The number of carbonyl (C=O) groups is 3. The van der Waals surface area contributed by atoms with Gasteiger partial charge in [-0.1, -0.05) is 48.5 Å². The summed E-state index contributed by atoms with van der Waals surface area (Å²) in [6, 6.07) is 17.7. The zero-order valence-electron chi connectivity index (χ0n) is 19.9. The maximum absolute atomic E-state index is 13.1. The summed E-state index contributed by atoms with van der Waals surface area (Å²) >= 11 is 0. The number of esters is 1. The summed E-state index contributed by atoms with van der Waals surface area (Å²) in [5, 5.41) is 5.20. The molecule has 36 heavy (non-hydrogen) atoms. The molecular formula is C26H28N4O6. The molecule has 3 aromatic rings. The number of carbonyl (C=O) groups excluding carboxylic acids is 3. The Bertz CT molecular complexity index is 1230. The Morgan fingerprint density at radius 1 is 0.944 bits per heavy atom. The van der Waals surface area contributed by atoms with E-state index in [1.807, 2.05) is 30.3 Å². The van der Waals surface area contributed by atoms with Gasteiger partial charge in [-0.3, -0.25) is 14.2 Å². The Balaban J connectivity index is 1.59. The van der Waals surface area contributed by atoms with Gasteiger partial charge in [0.1, 0.15) is 12.3 Å². The number of hydrogen-bond acceptors (Lipinski definition) is 7. The summed E-state index contributed by atoms with van der Waals surface area (Å²) in [6.07, 6.45) is 1.56. The molecule has 188 valence electrons. The molecule has 2 N–H and O–H groups in total. The predicted molar refractivity (Wildman–Crippen MR) is 133 cm³/mol. The second-order valence-corrected chi connectivity index (χ2v) is 7.69. The largest absolute Gasteiger partial charge is 0.460 e. The van der Waals surface area contributed by atoms with Crippen molar-refractivity contribution in [2.24, 2.45) is 0 Å². The van der Waals surface area contributed by atoms with E-state index in [2.05, 4.69) is 15.6 Å². The van der Waals surface area contributed by atoms with Gasteiger partial charge in [0.25, 0.3) is 11.5 Å². The van der Waals surface area contributed by atoms with E-state index in [1.54, 1.807) is 37.3 Å². The number of nitrogens with zero attached hydrogens (tertiary/aromatic N) is 2. The lowest BCUT2D eigenvalue weighted by atomic mass is 10.2. The van der Waals surface area contributed by atoms with E-state index in [4.69, 9.17) is 9.47 Å². The fraction of sp³-hybridized carbons (Fsp3) is 0.269. The van der Waals surface area contributed by atoms with Gasteiger partial charge in [0.05, 0.1) is 12.8 Å². The molecule has 1 aromatic heterocycles. The van der Waals surface area contributed by atoms with Gasteiger partial charge >= 0.3 is 12.1 Å². The third-order valence-electron chi connectivity index (χ3n) is 5.08. The zero-order chi connectivity index (χ0) is 25.8. The van der Waals surface area contributed by atoms with Crippen LogP contribution in [-0.2, 0) is 22.6 Å². The Kier molecular flexibility index (Phi) is 9.75. The van der Waals surface area contributed by atoms with E-state index in [1.165, 1.54) is 4.57 Å². The van der Waals surface area contributed by atoms with E-state index >= 15 is 0 Å². The maximum atomic E-state index is 13.1. The smallest absolute Gasteiger partial charge is 0.407 e. The number of benzene rings is 2. The first-order valence-corrected chi connectivity index (χ1v) is 11.6. The molecule has 2 amide bonds. The SMILES string of the molecule is CCOC(=O)c1ncc(NC(=O)c2ccccc2)c(=O)n1CCCCNC(=O)OCc1ccccc1. The molecule has 3 rings (SSSR count). The average molecular weight is 493 g/mol. The predicted octanol–water partition coefficient (Wildman–Crippen LogP) is 3.38. The molecule has 0 saturated carbocycles. The van der Waals surface area contributed by atoms with Gasteiger partial charge in [-0.25, -0.2) is 14.6 Å². The van der Waals surface area contributed by atoms with Gasteiger partial charge in [0.15, 0.2) is 0 Å². The monoisotopic (exact) mass is 492 g/mol. The quantitative estimate of drug-likeness (QED) is 0.310. The van der Waals surface area contributed by atoms with Crippen molar-refractivity contribution in [3.05, 3.63) is 94.2 Å². The fourth-order valence-electron chi connectivity index (χ4n) is 3.29. The number of amides is 2.